The van der Waals surface area contributed by atoms with Gasteiger partial charge in [0.05, 0.1) is 18.1 Å². The lowest BCUT2D eigenvalue weighted by Gasteiger charge is -2.12. The summed E-state index contributed by atoms with van der Waals surface area (Å²) in [6, 6.07) is 18.1. The van der Waals surface area contributed by atoms with E-state index in [1.54, 1.807) is 30.5 Å². The van der Waals surface area contributed by atoms with Crippen LogP contribution in [0.4, 0.5) is 17.2 Å². The summed E-state index contributed by atoms with van der Waals surface area (Å²) in [6.07, 6.45) is 2.29. The summed E-state index contributed by atoms with van der Waals surface area (Å²) in [7, 11) is 0. The molecule has 4 rings (SSSR count). The first-order valence-electron chi connectivity index (χ1n) is 9.64. The van der Waals surface area contributed by atoms with Crippen molar-refractivity contribution in [3.8, 4) is 11.1 Å². The van der Waals surface area contributed by atoms with Crippen molar-refractivity contribution in [1.29, 1.82) is 0 Å². The zero-order valence-corrected chi connectivity index (χ0v) is 16.2. The third-order valence-electron chi connectivity index (χ3n) is 4.89. The third-order valence-corrected chi connectivity index (χ3v) is 4.89. The van der Waals surface area contributed by atoms with Crippen LogP contribution in [0.25, 0.3) is 11.1 Å². The quantitative estimate of drug-likeness (QED) is 0.571. The van der Waals surface area contributed by atoms with E-state index in [9.17, 15) is 14.7 Å². The number of benzene rings is 2. The molecular weight excluding hydrogens is 382 g/mol. The van der Waals surface area contributed by atoms with E-state index in [2.05, 4.69) is 15.6 Å². The number of amides is 1. The molecule has 152 valence electrons. The molecular formula is C23H21N3O4. The molecule has 1 amide bonds. The molecule has 7 nitrogen and oxygen atoms in total. The molecule has 3 N–H and O–H groups in total. The van der Waals surface area contributed by atoms with Gasteiger partial charge in [-0.15, -0.1) is 0 Å². The van der Waals surface area contributed by atoms with E-state index in [4.69, 9.17) is 4.74 Å². The number of carboxylic acids is 1. The SMILES string of the molecule is O=C(O)c1cc(Nc2ccccc2)cc(-c2ccnc(NC(=O)C3CCOC3)c2)c1. The van der Waals surface area contributed by atoms with Gasteiger partial charge in [0, 0.05) is 24.2 Å². The molecule has 0 radical (unpaired) electrons. The number of hydrogen-bond donors (Lipinski definition) is 3. The van der Waals surface area contributed by atoms with Crippen molar-refractivity contribution >= 4 is 29.1 Å². The number of aromatic nitrogens is 1. The maximum absolute atomic E-state index is 12.3. The van der Waals surface area contributed by atoms with Crippen molar-refractivity contribution in [2.45, 2.75) is 6.42 Å². The third kappa shape index (κ3) is 4.64. The molecule has 1 aliphatic heterocycles. The lowest BCUT2D eigenvalue weighted by molar-refractivity contribution is -0.119. The summed E-state index contributed by atoms with van der Waals surface area (Å²) in [5.74, 6) is -0.894. The summed E-state index contributed by atoms with van der Waals surface area (Å²) in [4.78, 5) is 28.2. The van der Waals surface area contributed by atoms with Crippen molar-refractivity contribution in [1.82, 2.24) is 4.98 Å². The zero-order valence-electron chi connectivity index (χ0n) is 16.2. The monoisotopic (exact) mass is 403 g/mol. The van der Waals surface area contributed by atoms with E-state index in [1.807, 2.05) is 36.4 Å². The number of aromatic carboxylic acids is 1. The molecule has 30 heavy (non-hydrogen) atoms. The van der Waals surface area contributed by atoms with Gasteiger partial charge in [0.2, 0.25) is 5.91 Å². The van der Waals surface area contributed by atoms with E-state index >= 15 is 0 Å². The largest absolute Gasteiger partial charge is 0.478 e. The van der Waals surface area contributed by atoms with Crippen LogP contribution in [0, 0.1) is 5.92 Å². The molecule has 2 heterocycles. The number of anilines is 3. The van der Waals surface area contributed by atoms with Crippen molar-refractivity contribution < 1.29 is 19.4 Å². The van der Waals surface area contributed by atoms with Crippen molar-refractivity contribution in [2.24, 2.45) is 5.92 Å². The highest BCUT2D eigenvalue weighted by Gasteiger charge is 2.23. The number of hydrogen-bond acceptors (Lipinski definition) is 5. The minimum absolute atomic E-state index is 0.122. The van der Waals surface area contributed by atoms with Crippen LogP contribution < -0.4 is 10.6 Å². The minimum Gasteiger partial charge on any atom is -0.478 e. The lowest BCUT2D eigenvalue weighted by Crippen LogP contribution is -2.23. The first-order chi connectivity index (χ1) is 14.6. The Balaban J connectivity index is 1.62. The van der Waals surface area contributed by atoms with E-state index in [1.165, 1.54) is 0 Å². The molecule has 7 heteroatoms. The lowest BCUT2D eigenvalue weighted by atomic mass is 10.0. The number of carboxylic acid groups (broad SMARTS) is 1. The maximum Gasteiger partial charge on any atom is 0.335 e. The van der Waals surface area contributed by atoms with E-state index < -0.39 is 5.97 Å². The molecule has 3 aromatic rings. The van der Waals surface area contributed by atoms with Gasteiger partial charge in [-0.05, 0) is 60.0 Å². The highest BCUT2D eigenvalue weighted by molar-refractivity contribution is 5.94. The Morgan fingerprint density at radius 1 is 1.00 bits per heavy atom. The van der Waals surface area contributed by atoms with Gasteiger partial charge in [-0.1, -0.05) is 18.2 Å². The van der Waals surface area contributed by atoms with Gasteiger partial charge in [0.25, 0.3) is 0 Å². The average Bonchev–Trinajstić information content (AvgIpc) is 3.30. The molecule has 1 unspecified atom stereocenters. The van der Waals surface area contributed by atoms with Crippen LogP contribution in [-0.2, 0) is 9.53 Å². The second-order valence-corrected chi connectivity index (χ2v) is 7.07. The fourth-order valence-electron chi connectivity index (χ4n) is 3.33. The number of carbonyl (C=O) groups excluding carboxylic acids is 1. The smallest absolute Gasteiger partial charge is 0.335 e. The normalized spacial score (nSPS) is 15.5. The van der Waals surface area contributed by atoms with Crippen LogP contribution in [0.15, 0.2) is 66.9 Å². The van der Waals surface area contributed by atoms with Gasteiger partial charge < -0.3 is 20.5 Å². The van der Waals surface area contributed by atoms with Gasteiger partial charge in [-0.25, -0.2) is 9.78 Å². The summed E-state index contributed by atoms with van der Waals surface area (Å²) < 4.78 is 5.26. The molecule has 1 aromatic heterocycles. The fourth-order valence-corrected chi connectivity index (χ4v) is 3.33. The van der Waals surface area contributed by atoms with E-state index in [0.717, 1.165) is 11.3 Å². The van der Waals surface area contributed by atoms with Crippen LogP contribution in [0.5, 0.6) is 0 Å². The van der Waals surface area contributed by atoms with Crippen LogP contribution >= 0.6 is 0 Å². The number of rotatable bonds is 6. The predicted octanol–water partition coefficient (Wildman–Crippen LogP) is 4.17. The molecule has 0 bridgehead atoms. The number of nitrogens with one attached hydrogen (secondary N) is 2. The predicted molar refractivity (Wildman–Crippen MR) is 114 cm³/mol. The van der Waals surface area contributed by atoms with Gasteiger partial charge in [0.1, 0.15) is 5.82 Å². The fraction of sp³-hybridized carbons (Fsp3) is 0.174. The van der Waals surface area contributed by atoms with Crippen LogP contribution in [0.3, 0.4) is 0 Å². The highest BCUT2D eigenvalue weighted by atomic mass is 16.5. The molecule has 1 saturated heterocycles. The van der Waals surface area contributed by atoms with Crippen LogP contribution in [0.1, 0.15) is 16.8 Å². The highest BCUT2D eigenvalue weighted by Crippen LogP contribution is 2.28. The Labute approximate surface area is 173 Å². The van der Waals surface area contributed by atoms with Gasteiger partial charge in [0.15, 0.2) is 0 Å². The Bertz CT molecular complexity index is 1060. The Morgan fingerprint density at radius 3 is 2.57 bits per heavy atom. The summed E-state index contributed by atoms with van der Waals surface area (Å²) in [5.41, 5.74) is 3.13. The molecule has 0 aliphatic carbocycles. The Kier molecular flexibility index (Phi) is 5.72. The Hall–Kier alpha value is -3.71. The second-order valence-electron chi connectivity index (χ2n) is 7.07. The standard InChI is InChI=1S/C23H21N3O4/c27-22(16-7-9-30-14-16)26-21-13-15(6-8-24-21)17-10-18(23(28)29)12-20(11-17)25-19-4-2-1-3-5-19/h1-6,8,10-13,16,25H,7,9,14H2,(H,28,29)(H,24,26,27). The summed E-state index contributed by atoms with van der Waals surface area (Å²) in [6.45, 7) is 1.01. The van der Waals surface area contributed by atoms with Crippen molar-refractivity contribution in [3.05, 3.63) is 72.4 Å². The topological polar surface area (TPSA) is 101 Å². The molecule has 1 fully saturated rings. The maximum atomic E-state index is 12.3. The first kappa shape index (κ1) is 19.6. The first-order valence-corrected chi connectivity index (χ1v) is 9.64. The zero-order chi connectivity index (χ0) is 20.9. The average molecular weight is 403 g/mol. The van der Waals surface area contributed by atoms with Gasteiger partial charge >= 0.3 is 5.97 Å². The molecule has 2 aromatic carbocycles. The number of ether oxygens (including phenoxy) is 1. The molecule has 1 aliphatic rings. The number of nitrogens with zero attached hydrogens (tertiary/aromatic N) is 1. The number of carbonyl (C=O) groups is 2. The van der Waals surface area contributed by atoms with E-state index in [0.29, 0.717) is 36.7 Å². The molecule has 1 atom stereocenters. The Morgan fingerprint density at radius 2 is 1.83 bits per heavy atom. The van der Waals surface area contributed by atoms with Crippen molar-refractivity contribution in [3.63, 3.8) is 0 Å². The number of para-hydroxylation sites is 1. The minimum atomic E-state index is -1.02. The summed E-state index contributed by atoms with van der Waals surface area (Å²) in [5, 5.41) is 15.6. The second kappa shape index (κ2) is 8.75. The number of pyridine rings is 1. The van der Waals surface area contributed by atoms with Crippen LogP contribution in [-0.4, -0.2) is 35.2 Å². The van der Waals surface area contributed by atoms with Crippen LogP contribution in [0.2, 0.25) is 0 Å². The van der Waals surface area contributed by atoms with Gasteiger partial charge in [-0.2, -0.15) is 0 Å². The molecule has 0 spiro atoms. The molecule has 0 saturated carbocycles. The summed E-state index contributed by atoms with van der Waals surface area (Å²) >= 11 is 0. The van der Waals surface area contributed by atoms with E-state index in [-0.39, 0.29) is 17.4 Å². The van der Waals surface area contributed by atoms with Gasteiger partial charge in [-0.3, -0.25) is 4.79 Å². The van der Waals surface area contributed by atoms with Crippen molar-refractivity contribution in [2.75, 3.05) is 23.8 Å².